The van der Waals surface area contributed by atoms with E-state index in [1.807, 2.05) is 0 Å². The number of nitrogen functional groups attached to an aromatic ring is 1. The van der Waals surface area contributed by atoms with Gasteiger partial charge in [0.2, 0.25) is 0 Å². The van der Waals surface area contributed by atoms with Crippen molar-refractivity contribution in [3.63, 3.8) is 0 Å². The Bertz CT molecular complexity index is 596. The minimum absolute atomic E-state index is 0.188. The molecule has 0 spiro atoms. The molecule has 0 saturated heterocycles. The fraction of sp³-hybridized carbons (Fsp3) is 0. The summed E-state index contributed by atoms with van der Waals surface area (Å²) >= 11 is 13.9. The Balaban J connectivity index is 2.18. The Morgan fingerprint density at radius 3 is 2.61 bits per heavy atom. The van der Waals surface area contributed by atoms with Crippen molar-refractivity contribution in [1.82, 2.24) is 0 Å². The maximum absolute atomic E-state index is 12.0. The number of anilines is 2. The molecule has 0 unspecified atom stereocenters. The Morgan fingerprint density at radius 1 is 1.33 bits per heavy atom. The lowest BCUT2D eigenvalue weighted by molar-refractivity contribution is 0.103. The molecule has 2 rings (SSSR count). The lowest BCUT2D eigenvalue weighted by Crippen LogP contribution is -2.10. The number of hydrogen-bond donors (Lipinski definition) is 2. The van der Waals surface area contributed by atoms with Crippen LogP contribution in [-0.2, 0) is 0 Å². The van der Waals surface area contributed by atoms with Gasteiger partial charge in [-0.2, -0.15) is 0 Å². The smallest absolute Gasteiger partial charge is 0.265 e. The maximum atomic E-state index is 12.0. The summed E-state index contributed by atoms with van der Waals surface area (Å²) in [7, 11) is 0. The van der Waals surface area contributed by atoms with E-state index in [1.54, 1.807) is 24.3 Å². The van der Waals surface area contributed by atoms with Crippen molar-refractivity contribution in [2.24, 2.45) is 0 Å². The van der Waals surface area contributed by atoms with Gasteiger partial charge in [0.1, 0.15) is 0 Å². The van der Waals surface area contributed by atoms with Gasteiger partial charge in [-0.3, -0.25) is 4.79 Å². The quantitative estimate of drug-likeness (QED) is 0.702. The first kappa shape index (κ1) is 13.9. The van der Waals surface area contributed by atoms with Crippen LogP contribution in [0, 0.1) is 0 Å². The summed E-state index contributed by atoms with van der Waals surface area (Å²) < 4.78 is 1.73. The first-order chi connectivity index (χ1) is 8.47. The molecule has 1 aromatic carbocycles. The second-order valence-corrected chi connectivity index (χ2v) is 7.05. The van der Waals surface area contributed by atoms with E-state index >= 15 is 0 Å². The molecule has 0 fully saturated rings. The molecule has 0 aliphatic heterocycles. The predicted octanol–water partition coefficient (Wildman–Crippen LogP) is 4.76. The largest absolute Gasteiger partial charge is 0.398 e. The summed E-state index contributed by atoms with van der Waals surface area (Å²) in [5, 5.41) is 3.17. The summed E-state index contributed by atoms with van der Waals surface area (Å²) in [4.78, 5) is 12.6. The monoisotopic (exact) mass is 408 g/mol. The molecule has 7 heteroatoms. The maximum Gasteiger partial charge on any atom is 0.265 e. The first-order valence-corrected chi connectivity index (χ1v) is 7.56. The predicted molar refractivity (Wildman–Crippen MR) is 83.5 cm³/mol. The Kier molecular flexibility index (Phi) is 4.32. The average Bonchev–Trinajstić information content (AvgIpc) is 2.65. The van der Waals surface area contributed by atoms with Gasteiger partial charge in [-0.15, -0.1) is 11.3 Å². The van der Waals surface area contributed by atoms with Crippen LogP contribution in [0.3, 0.4) is 0 Å². The molecule has 2 aromatic rings. The highest BCUT2D eigenvalue weighted by Gasteiger charge is 2.12. The number of carbonyl (C=O) groups is 1. The zero-order valence-electron chi connectivity index (χ0n) is 8.84. The van der Waals surface area contributed by atoms with Crippen molar-refractivity contribution < 1.29 is 4.79 Å². The minimum Gasteiger partial charge on any atom is -0.398 e. The van der Waals surface area contributed by atoms with Gasteiger partial charge in [0.25, 0.3) is 5.91 Å². The fourth-order valence-electron chi connectivity index (χ4n) is 1.26. The van der Waals surface area contributed by atoms with Crippen LogP contribution in [0.4, 0.5) is 11.4 Å². The van der Waals surface area contributed by atoms with E-state index in [4.69, 9.17) is 17.3 Å². The summed E-state index contributed by atoms with van der Waals surface area (Å²) in [6.07, 6.45) is 0. The fourth-order valence-corrected chi connectivity index (χ4v) is 3.37. The number of thiophene rings is 1. The molecule has 18 heavy (non-hydrogen) atoms. The number of carbonyl (C=O) groups excluding carboxylic acids is 1. The highest BCUT2D eigenvalue weighted by Crippen LogP contribution is 2.33. The molecule has 0 radical (unpaired) electrons. The van der Waals surface area contributed by atoms with Gasteiger partial charge >= 0.3 is 0 Å². The second-order valence-electron chi connectivity index (χ2n) is 3.42. The molecule has 1 aromatic heterocycles. The zero-order valence-corrected chi connectivity index (χ0v) is 13.6. The standard InChI is InChI=1S/C11H7Br2ClN2OS/c12-6-4-9(18-10(6)13)11(17)16-5-1-2-8(15)7(14)3-5/h1-4H,15H2,(H,16,17). The number of benzene rings is 1. The summed E-state index contributed by atoms with van der Waals surface area (Å²) in [6, 6.07) is 6.73. The highest BCUT2D eigenvalue weighted by molar-refractivity contribution is 9.13. The van der Waals surface area contributed by atoms with Gasteiger partial charge in [-0.25, -0.2) is 0 Å². The topological polar surface area (TPSA) is 55.1 Å². The number of amides is 1. The van der Waals surface area contributed by atoms with Crippen LogP contribution in [-0.4, -0.2) is 5.91 Å². The molecular weight excluding hydrogens is 403 g/mol. The third-order valence-electron chi connectivity index (χ3n) is 2.13. The van der Waals surface area contributed by atoms with Gasteiger partial charge in [0.05, 0.1) is 19.4 Å². The first-order valence-electron chi connectivity index (χ1n) is 4.78. The van der Waals surface area contributed by atoms with E-state index < -0.39 is 0 Å². The second kappa shape index (κ2) is 5.61. The normalized spacial score (nSPS) is 10.4. The van der Waals surface area contributed by atoms with Crippen LogP contribution >= 0.6 is 54.8 Å². The number of rotatable bonds is 2. The third-order valence-corrected chi connectivity index (χ3v) is 5.71. The van der Waals surface area contributed by atoms with Crippen LogP contribution in [0.1, 0.15) is 9.67 Å². The van der Waals surface area contributed by atoms with E-state index in [1.165, 1.54) is 11.3 Å². The van der Waals surface area contributed by atoms with Gasteiger partial charge in [0.15, 0.2) is 0 Å². The molecule has 0 atom stereocenters. The number of nitrogens with one attached hydrogen (secondary N) is 1. The number of hydrogen-bond acceptors (Lipinski definition) is 3. The molecule has 0 bridgehead atoms. The highest BCUT2D eigenvalue weighted by atomic mass is 79.9. The summed E-state index contributed by atoms with van der Waals surface area (Å²) in [5.74, 6) is -0.188. The van der Waals surface area contributed by atoms with E-state index in [0.717, 1.165) is 8.26 Å². The molecular formula is C11H7Br2ClN2OS. The lowest BCUT2D eigenvalue weighted by atomic mass is 10.3. The van der Waals surface area contributed by atoms with Crippen LogP contribution < -0.4 is 11.1 Å². The Morgan fingerprint density at radius 2 is 2.06 bits per heavy atom. The average molecular weight is 411 g/mol. The molecule has 1 amide bonds. The molecule has 3 N–H and O–H groups in total. The van der Waals surface area contributed by atoms with Crippen molar-refractivity contribution >= 4 is 72.1 Å². The summed E-state index contributed by atoms with van der Waals surface area (Å²) in [6.45, 7) is 0. The minimum atomic E-state index is -0.188. The SMILES string of the molecule is Nc1ccc(NC(=O)c2cc(Br)c(Br)s2)cc1Cl. The van der Waals surface area contributed by atoms with Crippen molar-refractivity contribution in [2.45, 2.75) is 0 Å². The van der Waals surface area contributed by atoms with E-state index in [-0.39, 0.29) is 5.91 Å². The Hall–Kier alpha value is -0.560. The molecule has 0 saturated carbocycles. The zero-order chi connectivity index (χ0) is 13.3. The van der Waals surface area contributed by atoms with Crippen molar-refractivity contribution in [2.75, 3.05) is 11.1 Å². The van der Waals surface area contributed by atoms with E-state index in [0.29, 0.717) is 21.3 Å². The van der Waals surface area contributed by atoms with Crippen LogP contribution in [0.5, 0.6) is 0 Å². The van der Waals surface area contributed by atoms with E-state index in [9.17, 15) is 4.79 Å². The van der Waals surface area contributed by atoms with Crippen molar-refractivity contribution in [3.8, 4) is 0 Å². The molecule has 3 nitrogen and oxygen atoms in total. The van der Waals surface area contributed by atoms with Crippen LogP contribution in [0.2, 0.25) is 5.02 Å². The molecule has 0 aliphatic rings. The Labute approximate surface area is 130 Å². The third kappa shape index (κ3) is 3.06. The number of nitrogens with two attached hydrogens (primary N) is 1. The van der Waals surface area contributed by atoms with Gasteiger partial charge in [-0.05, 0) is 56.1 Å². The molecule has 94 valence electrons. The van der Waals surface area contributed by atoms with Crippen molar-refractivity contribution in [3.05, 3.63) is 42.4 Å². The van der Waals surface area contributed by atoms with Gasteiger partial charge in [-0.1, -0.05) is 11.6 Å². The summed E-state index contributed by atoms with van der Waals surface area (Å²) in [5.41, 5.74) is 6.69. The molecule has 0 aliphatic carbocycles. The number of halogens is 3. The van der Waals surface area contributed by atoms with Gasteiger partial charge < -0.3 is 11.1 Å². The lowest BCUT2D eigenvalue weighted by Gasteiger charge is -2.05. The van der Waals surface area contributed by atoms with Gasteiger partial charge in [0, 0.05) is 10.2 Å². The van der Waals surface area contributed by atoms with Crippen LogP contribution in [0.25, 0.3) is 0 Å². The van der Waals surface area contributed by atoms with Crippen LogP contribution in [0.15, 0.2) is 32.5 Å². The van der Waals surface area contributed by atoms with E-state index in [2.05, 4.69) is 37.2 Å². The van der Waals surface area contributed by atoms with Crippen molar-refractivity contribution in [1.29, 1.82) is 0 Å². The molecule has 1 heterocycles.